The minimum absolute atomic E-state index is 0.00493. The van der Waals surface area contributed by atoms with E-state index in [2.05, 4.69) is 10.3 Å². The van der Waals surface area contributed by atoms with Crippen molar-refractivity contribution in [3.05, 3.63) is 16.1 Å². The number of aromatic nitrogens is 1. The molecule has 0 saturated carbocycles. The third-order valence-corrected chi connectivity index (χ3v) is 3.29. The summed E-state index contributed by atoms with van der Waals surface area (Å²) in [6.07, 6.45) is 0.583. The number of nitrogens with zero attached hydrogens (tertiary/aromatic N) is 1. The summed E-state index contributed by atoms with van der Waals surface area (Å²) in [5.41, 5.74) is -0.969. The van der Waals surface area contributed by atoms with E-state index in [1.807, 2.05) is 0 Å². The molecule has 1 aromatic heterocycles. The molecule has 0 amide bonds. The monoisotopic (exact) mass is 214 g/mol. The van der Waals surface area contributed by atoms with Crippen molar-refractivity contribution in [2.75, 3.05) is 13.1 Å². The smallest absolute Gasteiger partial charge is 0.355 e. The summed E-state index contributed by atoms with van der Waals surface area (Å²) in [7, 11) is 0. The zero-order valence-electron chi connectivity index (χ0n) is 7.36. The van der Waals surface area contributed by atoms with Crippen LogP contribution in [-0.2, 0) is 5.60 Å². The maximum atomic E-state index is 10.6. The van der Waals surface area contributed by atoms with Crippen molar-refractivity contribution in [2.45, 2.75) is 12.0 Å². The second-order valence-electron chi connectivity index (χ2n) is 3.30. The van der Waals surface area contributed by atoms with E-state index in [0.717, 1.165) is 6.54 Å². The highest BCUT2D eigenvalue weighted by atomic mass is 32.1. The van der Waals surface area contributed by atoms with Crippen molar-refractivity contribution in [1.82, 2.24) is 10.3 Å². The van der Waals surface area contributed by atoms with Gasteiger partial charge in [-0.15, -0.1) is 11.3 Å². The Labute approximate surface area is 84.4 Å². The van der Waals surface area contributed by atoms with E-state index in [0.29, 0.717) is 18.0 Å². The normalized spacial score (nSPS) is 26.6. The molecule has 6 heteroatoms. The molecule has 1 fully saturated rings. The van der Waals surface area contributed by atoms with Crippen molar-refractivity contribution in [3.63, 3.8) is 0 Å². The van der Waals surface area contributed by atoms with Gasteiger partial charge < -0.3 is 15.5 Å². The van der Waals surface area contributed by atoms with Crippen LogP contribution >= 0.6 is 11.3 Å². The number of aromatic carboxylic acids is 1. The van der Waals surface area contributed by atoms with Gasteiger partial charge in [0.1, 0.15) is 10.6 Å². The van der Waals surface area contributed by atoms with Gasteiger partial charge in [0.15, 0.2) is 5.69 Å². The molecule has 2 rings (SSSR count). The zero-order valence-corrected chi connectivity index (χ0v) is 8.17. The molecular weight excluding hydrogens is 204 g/mol. The topological polar surface area (TPSA) is 82.5 Å². The summed E-state index contributed by atoms with van der Waals surface area (Å²) in [4.78, 5) is 14.5. The Bertz CT molecular complexity index is 357. The minimum atomic E-state index is -1.05. The lowest BCUT2D eigenvalue weighted by Crippen LogP contribution is -2.28. The first-order valence-corrected chi connectivity index (χ1v) is 5.12. The lowest BCUT2D eigenvalue weighted by molar-refractivity contribution is 0.0577. The van der Waals surface area contributed by atoms with E-state index in [1.54, 1.807) is 0 Å². The largest absolute Gasteiger partial charge is 0.476 e. The minimum Gasteiger partial charge on any atom is -0.476 e. The highest BCUT2D eigenvalue weighted by molar-refractivity contribution is 7.10. The number of nitrogens with one attached hydrogen (secondary N) is 1. The van der Waals surface area contributed by atoms with Gasteiger partial charge in [0.05, 0.1) is 0 Å². The molecule has 0 spiro atoms. The fourth-order valence-corrected chi connectivity index (χ4v) is 2.37. The summed E-state index contributed by atoms with van der Waals surface area (Å²) in [5.74, 6) is -1.05. The van der Waals surface area contributed by atoms with Crippen LogP contribution in [0.2, 0.25) is 0 Å². The van der Waals surface area contributed by atoms with Crippen LogP contribution in [0.15, 0.2) is 5.38 Å². The molecule has 1 aliphatic heterocycles. The van der Waals surface area contributed by atoms with Crippen LogP contribution in [0.5, 0.6) is 0 Å². The molecule has 0 radical (unpaired) electrons. The highest BCUT2D eigenvalue weighted by Gasteiger charge is 2.36. The number of hydrogen-bond donors (Lipinski definition) is 3. The second-order valence-corrected chi connectivity index (χ2v) is 4.16. The molecule has 0 bridgehead atoms. The molecule has 3 N–H and O–H groups in total. The maximum absolute atomic E-state index is 10.6. The molecule has 1 atom stereocenters. The Morgan fingerprint density at radius 3 is 3.00 bits per heavy atom. The maximum Gasteiger partial charge on any atom is 0.355 e. The number of β-amino-alcohol motifs (C(OH)–C–C–N with tert-alkyl or cyclic N) is 1. The summed E-state index contributed by atoms with van der Waals surface area (Å²) in [6.45, 7) is 1.18. The van der Waals surface area contributed by atoms with Gasteiger partial charge in [0.2, 0.25) is 0 Å². The van der Waals surface area contributed by atoms with Crippen molar-refractivity contribution in [2.24, 2.45) is 0 Å². The van der Waals surface area contributed by atoms with Crippen LogP contribution in [0.4, 0.5) is 0 Å². The average Bonchev–Trinajstić information content (AvgIpc) is 2.71. The van der Waals surface area contributed by atoms with E-state index in [9.17, 15) is 9.90 Å². The molecule has 0 aromatic carbocycles. The van der Waals surface area contributed by atoms with Crippen LogP contribution in [0.3, 0.4) is 0 Å². The second kappa shape index (κ2) is 3.30. The first kappa shape index (κ1) is 9.57. The van der Waals surface area contributed by atoms with E-state index < -0.39 is 11.6 Å². The quantitative estimate of drug-likeness (QED) is 0.646. The van der Waals surface area contributed by atoms with Crippen LogP contribution in [0, 0.1) is 0 Å². The predicted octanol–water partition coefficient (Wildman–Crippen LogP) is 0.0222. The van der Waals surface area contributed by atoms with Crippen LogP contribution in [-0.4, -0.2) is 34.3 Å². The summed E-state index contributed by atoms with van der Waals surface area (Å²) < 4.78 is 0. The SMILES string of the molecule is O=C(O)c1csc(C2(O)CCNC2)n1. The van der Waals surface area contributed by atoms with Gasteiger partial charge in [-0.25, -0.2) is 9.78 Å². The van der Waals surface area contributed by atoms with E-state index in [1.165, 1.54) is 16.7 Å². The van der Waals surface area contributed by atoms with Crippen molar-refractivity contribution in [3.8, 4) is 0 Å². The molecule has 2 heterocycles. The number of carbonyl (C=O) groups is 1. The molecule has 76 valence electrons. The number of carboxylic acids is 1. The Hall–Kier alpha value is -0.980. The predicted molar refractivity (Wildman–Crippen MR) is 50.5 cm³/mol. The number of hydrogen-bond acceptors (Lipinski definition) is 5. The lowest BCUT2D eigenvalue weighted by Gasteiger charge is -2.17. The van der Waals surface area contributed by atoms with Gasteiger partial charge in [-0.3, -0.25) is 0 Å². The fraction of sp³-hybridized carbons (Fsp3) is 0.500. The molecule has 0 aliphatic carbocycles. The Morgan fingerprint density at radius 2 is 2.50 bits per heavy atom. The number of aliphatic hydroxyl groups is 1. The van der Waals surface area contributed by atoms with Gasteiger partial charge >= 0.3 is 5.97 Å². The Balaban J connectivity index is 2.28. The standard InChI is InChI=1S/C8H10N2O3S/c11-6(12)5-3-14-7(10-5)8(13)1-2-9-4-8/h3,9,13H,1-2,4H2,(H,11,12). The van der Waals surface area contributed by atoms with Crippen molar-refractivity contribution < 1.29 is 15.0 Å². The molecule has 1 aliphatic rings. The van der Waals surface area contributed by atoms with Gasteiger partial charge in [-0.1, -0.05) is 0 Å². The Morgan fingerprint density at radius 1 is 1.71 bits per heavy atom. The number of rotatable bonds is 2. The molecular formula is C8H10N2O3S. The lowest BCUT2D eigenvalue weighted by atomic mass is 10.1. The van der Waals surface area contributed by atoms with E-state index in [-0.39, 0.29) is 5.69 Å². The van der Waals surface area contributed by atoms with Crippen molar-refractivity contribution >= 4 is 17.3 Å². The number of carboxylic acid groups (broad SMARTS) is 1. The third kappa shape index (κ3) is 1.52. The molecule has 5 nitrogen and oxygen atoms in total. The third-order valence-electron chi connectivity index (χ3n) is 2.25. The van der Waals surface area contributed by atoms with Crippen LogP contribution < -0.4 is 5.32 Å². The molecule has 1 unspecified atom stereocenters. The molecule has 1 aromatic rings. The first-order valence-electron chi connectivity index (χ1n) is 4.24. The van der Waals surface area contributed by atoms with Gasteiger partial charge in [0, 0.05) is 11.9 Å². The van der Waals surface area contributed by atoms with Gasteiger partial charge in [-0.2, -0.15) is 0 Å². The van der Waals surface area contributed by atoms with E-state index in [4.69, 9.17) is 5.11 Å². The van der Waals surface area contributed by atoms with Gasteiger partial charge in [-0.05, 0) is 13.0 Å². The summed E-state index contributed by atoms with van der Waals surface area (Å²) in [5, 5.41) is 23.7. The summed E-state index contributed by atoms with van der Waals surface area (Å²) in [6, 6.07) is 0. The first-order chi connectivity index (χ1) is 6.62. The molecule has 1 saturated heterocycles. The zero-order chi connectivity index (χ0) is 10.2. The average molecular weight is 214 g/mol. The fourth-order valence-electron chi connectivity index (χ4n) is 1.45. The van der Waals surface area contributed by atoms with Gasteiger partial charge in [0.25, 0.3) is 0 Å². The summed E-state index contributed by atoms with van der Waals surface area (Å²) >= 11 is 1.19. The van der Waals surface area contributed by atoms with E-state index >= 15 is 0 Å². The Kier molecular flexibility index (Phi) is 2.26. The number of thiazole rings is 1. The van der Waals surface area contributed by atoms with Crippen LogP contribution in [0.25, 0.3) is 0 Å². The van der Waals surface area contributed by atoms with Crippen LogP contribution in [0.1, 0.15) is 21.9 Å². The molecule has 14 heavy (non-hydrogen) atoms. The highest BCUT2D eigenvalue weighted by Crippen LogP contribution is 2.29. The van der Waals surface area contributed by atoms with Crippen molar-refractivity contribution in [1.29, 1.82) is 0 Å².